The van der Waals surface area contributed by atoms with Crippen LogP contribution < -0.4 is 10.1 Å². The summed E-state index contributed by atoms with van der Waals surface area (Å²) in [6.07, 6.45) is 3.35. The Morgan fingerprint density at radius 1 is 1.02 bits per heavy atom. The first-order chi connectivity index (χ1) is 21.6. The Morgan fingerprint density at radius 2 is 1.76 bits per heavy atom. The lowest BCUT2D eigenvalue weighted by Gasteiger charge is -2.64. The Balaban J connectivity index is 1.13. The highest BCUT2D eigenvalue weighted by molar-refractivity contribution is 6.48. The Bertz CT molecular complexity index is 1570. The van der Waals surface area contributed by atoms with E-state index in [4.69, 9.17) is 30.5 Å². The third-order valence-electron chi connectivity index (χ3n) is 10.7. The highest BCUT2D eigenvalue weighted by atomic mass is 35.5. The van der Waals surface area contributed by atoms with Crippen LogP contribution in [0, 0.1) is 17.3 Å². The summed E-state index contributed by atoms with van der Waals surface area (Å²) in [4.78, 5) is 20.6. The van der Waals surface area contributed by atoms with Gasteiger partial charge < -0.3 is 24.2 Å². The molecule has 3 aromatic rings. The largest absolute Gasteiger partial charge is 0.487 e. The Hall–Kier alpha value is -3.33. The fourth-order valence-corrected chi connectivity index (χ4v) is 8.20. The number of nitrogens with one attached hydrogen (secondary N) is 1. The number of halogens is 1. The van der Waals surface area contributed by atoms with Crippen LogP contribution in [-0.4, -0.2) is 48.6 Å². The molecule has 3 saturated carbocycles. The molecule has 6 atom stereocenters. The van der Waals surface area contributed by atoms with Crippen molar-refractivity contribution in [3.8, 4) is 5.75 Å². The van der Waals surface area contributed by atoms with E-state index in [1.807, 2.05) is 60.7 Å². The van der Waals surface area contributed by atoms with Crippen molar-refractivity contribution in [2.45, 2.75) is 76.1 Å². The summed E-state index contributed by atoms with van der Waals surface area (Å²) in [5.74, 6) is 1.02. The fraction of sp³-hybridized carbons (Fsp3) is 0.444. The van der Waals surface area contributed by atoms with Gasteiger partial charge in [-0.25, -0.2) is 0 Å². The molecular formula is C36H40BClN2O5. The zero-order valence-corrected chi connectivity index (χ0v) is 26.8. The van der Waals surface area contributed by atoms with Gasteiger partial charge in [-0.3, -0.25) is 4.79 Å². The van der Waals surface area contributed by atoms with Crippen LogP contribution in [0.5, 0.6) is 5.75 Å². The van der Waals surface area contributed by atoms with Crippen molar-refractivity contribution in [3.05, 3.63) is 101 Å². The van der Waals surface area contributed by atoms with E-state index in [0.29, 0.717) is 41.2 Å². The number of amides is 1. The minimum absolute atomic E-state index is 0.00837. The van der Waals surface area contributed by atoms with E-state index < -0.39 is 18.7 Å². The number of hydrogen-bond acceptors (Lipinski definition) is 6. The van der Waals surface area contributed by atoms with Crippen LogP contribution in [0.3, 0.4) is 0 Å². The second-order valence-electron chi connectivity index (χ2n) is 13.9. The van der Waals surface area contributed by atoms with Gasteiger partial charge in [0.2, 0.25) is 5.60 Å². The van der Waals surface area contributed by atoms with Gasteiger partial charge in [0.1, 0.15) is 12.4 Å². The summed E-state index contributed by atoms with van der Waals surface area (Å²) in [5.41, 5.74) is 1.31. The van der Waals surface area contributed by atoms with Gasteiger partial charge in [0.05, 0.1) is 23.4 Å². The Kier molecular flexibility index (Phi) is 7.95. The van der Waals surface area contributed by atoms with Crippen LogP contribution in [-0.2, 0) is 31.8 Å². The predicted molar refractivity (Wildman–Crippen MR) is 175 cm³/mol. The molecule has 9 heteroatoms. The monoisotopic (exact) mass is 626 g/mol. The molecule has 2 heterocycles. The normalized spacial score (nSPS) is 30.0. The number of carbonyl (C=O) groups excluding carboxylic acids is 1. The Labute approximate surface area is 270 Å². The summed E-state index contributed by atoms with van der Waals surface area (Å²) in [7, 11) is -0.582. The van der Waals surface area contributed by atoms with Crippen LogP contribution in [0.15, 0.2) is 90.1 Å². The summed E-state index contributed by atoms with van der Waals surface area (Å²) < 4.78 is 19.5. The minimum Gasteiger partial charge on any atom is -0.487 e. The van der Waals surface area contributed by atoms with Gasteiger partial charge in [-0.1, -0.05) is 97.3 Å². The van der Waals surface area contributed by atoms with Gasteiger partial charge in [-0.15, -0.1) is 0 Å². The van der Waals surface area contributed by atoms with E-state index in [-0.39, 0.29) is 36.1 Å². The average Bonchev–Trinajstić information content (AvgIpc) is 3.62. The quantitative estimate of drug-likeness (QED) is 0.261. The number of carbonyl (C=O) groups is 1. The first-order valence-corrected chi connectivity index (χ1v) is 16.4. The standard InChI is InChI=1S/C36H40BClN2O5/c1-34(2)26-18-30(34)35(3)31(19-26)43-37(44-35)32(17-24-11-6-4-7-12-24)39-33(41)36(21-25-13-8-5-9-14-25)22-28(40-45-36)23-42-29-16-10-15-27(38)20-29/h4-16,20,26,30-32H,17-19,21-23H2,1-3H3,(H,39,41)/t26-,30-,31+,32-,35-,36?/m0/s1. The minimum atomic E-state index is -1.25. The van der Waals surface area contributed by atoms with E-state index >= 15 is 0 Å². The number of oxime groups is 1. The highest BCUT2D eigenvalue weighted by Gasteiger charge is 2.68. The third kappa shape index (κ3) is 5.77. The number of hydrogen-bond donors (Lipinski definition) is 1. The second-order valence-corrected chi connectivity index (χ2v) is 14.4. The molecule has 1 amide bonds. The number of ether oxygens (including phenoxy) is 1. The Morgan fingerprint density at radius 3 is 2.47 bits per heavy atom. The maximum absolute atomic E-state index is 14.5. The van der Waals surface area contributed by atoms with Gasteiger partial charge in [0, 0.05) is 17.9 Å². The molecular weight excluding hydrogens is 587 g/mol. The molecule has 2 aliphatic heterocycles. The van der Waals surface area contributed by atoms with Crippen LogP contribution in [0.25, 0.3) is 0 Å². The van der Waals surface area contributed by atoms with E-state index in [9.17, 15) is 4.79 Å². The van der Waals surface area contributed by atoms with Crippen molar-refractivity contribution in [3.63, 3.8) is 0 Å². The predicted octanol–water partition coefficient (Wildman–Crippen LogP) is 6.47. The molecule has 2 bridgehead atoms. The molecule has 0 radical (unpaired) electrons. The van der Waals surface area contributed by atoms with Crippen molar-refractivity contribution in [1.82, 2.24) is 5.32 Å². The SMILES string of the molecule is CC1(C)[C@@H]2C[C@H]3OB([C@H](Cc4ccccc4)NC(=O)C4(Cc5ccccc5)CC(COc5cccc(Cl)c5)=NO4)O[C@@]3(C)[C@H]1C2. The molecule has 1 saturated heterocycles. The molecule has 4 fully saturated rings. The molecule has 1 N–H and O–H groups in total. The summed E-state index contributed by atoms with van der Waals surface area (Å²) in [6, 6.07) is 27.3. The van der Waals surface area contributed by atoms with Crippen molar-refractivity contribution in [2.75, 3.05) is 6.61 Å². The van der Waals surface area contributed by atoms with Gasteiger partial charge in [-0.2, -0.15) is 0 Å². The molecule has 45 heavy (non-hydrogen) atoms. The summed E-state index contributed by atoms with van der Waals surface area (Å²) >= 11 is 6.14. The van der Waals surface area contributed by atoms with Gasteiger partial charge in [0.25, 0.3) is 5.91 Å². The molecule has 3 aromatic carbocycles. The first kappa shape index (κ1) is 30.3. The van der Waals surface area contributed by atoms with Gasteiger partial charge in [0.15, 0.2) is 0 Å². The number of rotatable bonds is 10. The molecule has 5 aliphatic rings. The molecule has 8 rings (SSSR count). The van der Waals surface area contributed by atoms with Gasteiger partial charge >= 0.3 is 7.12 Å². The lowest BCUT2D eigenvalue weighted by Crippen LogP contribution is -2.65. The number of nitrogens with zero attached hydrogens (tertiary/aromatic N) is 1. The fourth-order valence-electron chi connectivity index (χ4n) is 8.02. The first-order valence-electron chi connectivity index (χ1n) is 16.0. The molecule has 0 spiro atoms. The van der Waals surface area contributed by atoms with Crippen molar-refractivity contribution in [2.24, 2.45) is 22.4 Å². The lowest BCUT2D eigenvalue weighted by molar-refractivity contribution is -0.199. The maximum atomic E-state index is 14.5. The van der Waals surface area contributed by atoms with Crippen LogP contribution in [0.4, 0.5) is 0 Å². The van der Waals surface area contributed by atoms with E-state index in [1.54, 1.807) is 12.1 Å². The molecule has 7 nitrogen and oxygen atoms in total. The lowest BCUT2D eigenvalue weighted by atomic mass is 9.43. The third-order valence-corrected chi connectivity index (χ3v) is 10.9. The molecule has 3 aliphatic carbocycles. The zero-order valence-electron chi connectivity index (χ0n) is 26.1. The van der Waals surface area contributed by atoms with Crippen molar-refractivity contribution < 1.29 is 23.7 Å². The van der Waals surface area contributed by atoms with Crippen molar-refractivity contribution in [1.29, 1.82) is 0 Å². The topological polar surface area (TPSA) is 78.4 Å². The van der Waals surface area contributed by atoms with E-state index in [0.717, 1.165) is 24.0 Å². The molecule has 1 unspecified atom stereocenters. The van der Waals surface area contributed by atoms with E-state index in [1.165, 1.54) is 0 Å². The maximum Gasteiger partial charge on any atom is 0.482 e. The summed E-state index contributed by atoms with van der Waals surface area (Å²) in [6.45, 7) is 7.10. The van der Waals surface area contributed by atoms with Crippen LogP contribution >= 0.6 is 11.6 Å². The molecule has 234 valence electrons. The smallest absolute Gasteiger partial charge is 0.482 e. The molecule has 0 aromatic heterocycles. The van der Waals surface area contributed by atoms with E-state index in [2.05, 4.69) is 43.4 Å². The average molecular weight is 627 g/mol. The second kappa shape index (κ2) is 11.8. The summed E-state index contributed by atoms with van der Waals surface area (Å²) in [5, 5.41) is 8.30. The zero-order chi connectivity index (χ0) is 31.2. The van der Waals surface area contributed by atoms with Crippen LogP contribution in [0.1, 0.15) is 51.2 Å². The van der Waals surface area contributed by atoms with Gasteiger partial charge in [-0.05, 0) is 72.8 Å². The van der Waals surface area contributed by atoms with Crippen molar-refractivity contribution >= 4 is 30.3 Å². The van der Waals surface area contributed by atoms with Crippen LogP contribution in [0.2, 0.25) is 5.02 Å². The number of benzene rings is 3. The highest BCUT2D eigenvalue weighted by Crippen LogP contribution is 2.65.